The van der Waals surface area contributed by atoms with E-state index in [2.05, 4.69) is 39.8 Å². The molecular weight excluding hydrogens is 258 g/mol. The summed E-state index contributed by atoms with van der Waals surface area (Å²) in [5.41, 5.74) is 4.85. The fourth-order valence-electron chi connectivity index (χ4n) is 3.20. The van der Waals surface area contributed by atoms with E-state index in [1.807, 2.05) is 13.1 Å². The molecule has 3 rings (SSSR count). The van der Waals surface area contributed by atoms with E-state index >= 15 is 0 Å². The van der Waals surface area contributed by atoms with E-state index in [1.165, 1.54) is 55.2 Å². The molecule has 1 aromatic carbocycles. The highest BCUT2D eigenvalue weighted by molar-refractivity contribution is 5.65. The van der Waals surface area contributed by atoms with Gasteiger partial charge in [0.15, 0.2) is 0 Å². The largest absolute Gasteiger partial charge is 0.310 e. The lowest BCUT2D eigenvalue weighted by Crippen LogP contribution is -2.27. The molecule has 0 unspecified atom stereocenters. The number of aryl methyl sites for hydroxylation is 1. The molecule has 0 amide bonds. The van der Waals surface area contributed by atoms with E-state index in [0.29, 0.717) is 6.04 Å². The van der Waals surface area contributed by atoms with Gasteiger partial charge in [-0.15, -0.1) is 0 Å². The first-order valence-corrected chi connectivity index (χ1v) is 8.16. The molecule has 1 aliphatic rings. The summed E-state index contributed by atoms with van der Waals surface area (Å²) < 4.78 is 0. The van der Waals surface area contributed by atoms with Crippen molar-refractivity contribution in [3.05, 3.63) is 41.7 Å². The van der Waals surface area contributed by atoms with E-state index in [4.69, 9.17) is 0 Å². The number of aromatic nitrogens is 2. The predicted octanol–water partition coefficient (Wildman–Crippen LogP) is 4.20. The number of hydrogen-bond donors (Lipinski definition) is 2. The number of H-pyrrole nitrogens is 1. The molecule has 0 radical (unpaired) electrons. The fraction of sp³-hybridized carbons (Fsp3) is 0.500. The molecular formula is C18H25N3. The quantitative estimate of drug-likeness (QED) is 0.826. The molecule has 2 aromatic rings. The number of benzene rings is 1. The van der Waals surface area contributed by atoms with Crippen molar-refractivity contribution in [2.45, 2.75) is 58.0 Å². The van der Waals surface area contributed by atoms with Crippen LogP contribution in [0.25, 0.3) is 11.1 Å². The van der Waals surface area contributed by atoms with Crippen molar-refractivity contribution in [1.82, 2.24) is 15.5 Å². The van der Waals surface area contributed by atoms with E-state index in [-0.39, 0.29) is 0 Å². The van der Waals surface area contributed by atoms with E-state index in [1.54, 1.807) is 0 Å². The van der Waals surface area contributed by atoms with Gasteiger partial charge in [-0.2, -0.15) is 5.10 Å². The second-order valence-electron chi connectivity index (χ2n) is 6.15. The molecule has 1 aliphatic carbocycles. The smallest absolute Gasteiger partial charge is 0.0669 e. The molecule has 0 aliphatic heterocycles. The summed E-state index contributed by atoms with van der Waals surface area (Å²) in [5.74, 6) is 0. The maximum Gasteiger partial charge on any atom is 0.0669 e. The number of aromatic amines is 1. The molecule has 0 saturated heterocycles. The maximum atomic E-state index is 4.18. The maximum absolute atomic E-state index is 4.18. The van der Waals surface area contributed by atoms with Crippen LogP contribution in [0.4, 0.5) is 0 Å². The first-order valence-electron chi connectivity index (χ1n) is 8.16. The molecule has 1 aromatic heterocycles. The van der Waals surface area contributed by atoms with Crippen LogP contribution >= 0.6 is 0 Å². The Balaban J connectivity index is 1.58. The second-order valence-corrected chi connectivity index (χ2v) is 6.15. The zero-order valence-corrected chi connectivity index (χ0v) is 12.9. The second kappa shape index (κ2) is 6.90. The van der Waals surface area contributed by atoms with E-state index < -0.39 is 0 Å². The summed E-state index contributed by atoms with van der Waals surface area (Å²) in [7, 11) is 0. The first-order chi connectivity index (χ1) is 10.3. The van der Waals surface area contributed by atoms with Crippen LogP contribution in [0.2, 0.25) is 0 Å². The zero-order chi connectivity index (χ0) is 14.5. The summed E-state index contributed by atoms with van der Waals surface area (Å²) in [5, 5.41) is 10.8. The van der Waals surface area contributed by atoms with Crippen LogP contribution in [0, 0.1) is 6.92 Å². The van der Waals surface area contributed by atoms with Gasteiger partial charge in [0, 0.05) is 24.3 Å². The van der Waals surface area contributed by atoms with Gasteiger partial charge in [0.2, 0.25) is 0 Å². The van der Waals surface area contributed by atoms with Gasteiger partial charge in [-0.1, -0.05) is 49.9 Å². The lowest BCUT2D eigenvalue weighted by atomic mass is 10.0. The van der Waals surface area contributed by atoms with Crippen molar-refractivity contribution >= 4 is 0 Å². The number of nitrogens with zero attached hydrogens (tertiary/aromatic N) is 1. The highest BCUT2D eigenvalue weighted by Crippen LogP contribution is 2.22. The predicted molar refractivity (Wildman–Crippen MR) is 87.1 cm³/mol. The summed E-state index contributed by atoms with van der Waals surface area (Å²) in [6, 6.07) is 9.56. The van der Waals surface area contributed by atoms with Crippen molar-refractivity contribution < 1.29 is 0 Å². The average molecular weight is 283 g/mol. The van der Waals surface area contributed by atoms with E-state index in [9.17, 15) is 0 Å². The van der Waals surface area contributed by atoms with Crippen molar-refractivity contribution in [3.63, 3.8) is 0 Å². The molecule has 3 nitrogen and oxygen atoms in total. The third-order valence-electron chi connectivity index (χ3n) is 4.55. The van der Waals surface area contributed by atoms with Gasteiger partial charge >= 0.3 is 0 Å². The Hall–Kier alpha value is -1.61. The van der Waals surface area contributed by atoms with E-state index in [0.717, 1.165) is 12.2 Å². The topological polar surface area (TPSA) is 40.7 Å². The van der Waals surface area contributed by atoms with Crippen LogP contribution in [0.15, 0.2) is 30.5 Å². The van der Waals surface area contributed by atoms with Crippen LogP contribution in [0.3, 0.4) is 0 Å². The molecule has 2 N–H and O–H groups in total. The lowest BCUT2D eigenvalue weighted by molar-refractivity contribution is 0.459. The lowest BCUT2D eigenvalue weighted by Gasteiger charge is -2.16. The Morgan fingerprint density at radius 3 is 2.43 bits per heavy atom. The molecule has 0 bridgehead atoms. The molecule has 0 spiro atoms. The Morgan fingerprint density at radius 2 is 1.81 bits per heavy atom. The fourth-order valence-corrected chi connectivity index (χ4v) is 3.20. The van der Waals surface area contributed by atoms with Crippen LogP contribution < -0.4 is 5.32 Å². The van der Waals surface area contributed by atoms with Gasteiger partial charge in [0.25, 0.3) is 0 Å². The molecule has 21 heavy (non-hydrogen) atoms. The van der Waals surface area contributed by atoms with Crippen LogP contribution in [0.1, 0.15) is 49.8 Å². The Labute approximate surface area is 127 Å². The van der Waals surface area contributed by atoms with Crippen LogP contribution in [-0.2, 0) is 6.54 Å². The average Bonchev–Trinajstić information content (AvgIpc) is 2.78. The van der Waals surface area contributed by atoms with Gasteiger partial charge in [0.1, 0.15) is 0 Å². The van der Waals surface area contributed by atoms with Crippen LogP contribution in [0.5, 0.6) is 0 Å². The minimum absolute atomic E-state index is 0.711. The Bertz CT molecular complexity index is 548. The number of rotatable bonds is 4. The normalized spacial score (nSPS) is 16.8. The van der Waals surface area contributed by atoms with Gasteiger partial charge in [-0.3, -0.25) is 5.10 Å². The Kier molecular flexibility index (Phi) is 4.71. The molecule has 1 saturated carbocycles. The summed E-state index contributed by atoms with van der Waals surface area (Å²) in [4.78, 5) is 0. The summed E-state index contributed by atoms with van der Waals surface area (Å²) >= 11 is 0. The minimum atomic E-state index is 0.711. The molecule has 112 valence electrons. The Morgan fingerprint density at radius 1 is 1.10 bits per heavy atom. The molecule has 1 fully saturated rings. The molecule has 0 atom stereocenters. The third-order valence-corrected chi connectivity index (χ3v) is 4.55. The third kappa shape index (κ3) is 3.73. The monoisotopic (exact) mass is 283 g/mol. The van der Waals surface area contributed by atoms with Gasteiger partial charge in [0.05, 0.1) is 5.69 Å². The SMILES string of the molecule is Cc1n[nH]cc1-c1ccc(CNC2CCCCCC2)cc1. The van der Waals surface area contributed by atoms with Gasteiger partial charge in [-0.25, -0.2) is 0 Å². The number of hydrogen-bond acceptors (Lipinski definition) is 2. The van der Waals surface area contributed by atoms with Crippen molar-refractivity contribution in [1.29, 1.82) is 0 Å². The zero-order valence-electron chi connectivity index (χ0n) is 12.9. The standard InChI is InChI=1S/C18H25N3/c1-14-18(13-20-21-14)16-10-8-15(9-11-16)12-19-17-6-4-2-3-5-7-17/h8-11,13,17,19H,2-7,12H2,1H3,(H,20,21). The summed E-state index contributed by atoms with van der Waals surface area (Å²) in [6.07, 6.45) is 10.2. The minimum Gasteiger partial charge on any atom is -0.310 e. The first kappa shape index (κ1) is 14.3. The highest BCUT2D eigenvalue weighted by Gasteiger charge is 2.11. The van der Waals surface area contributed by atoms with Crippen molar-refractivity contribution in [3.8, 4) is 11.1 Å². The van der Waals surface area contributed by atoms with Gasteiger partial charge < -0.3 is 5.32 Å². The molecule has 1 heterocycles. The highest BCUT2D eigenvalue weighted by atomic mass is 15.1. The van der Waals surface area contributed by atoms with Crippen molar-refractivity contribution in [2.24, 2.45) is 0 Å². The molecule has 3 heteroatoms. The van der Waals surface area contributed by atoms with Crippen LogP contribution in [-0.4, -0.2) is 16.2 Å². The van der Waals surface area contributed by atoms with Gasteiger partial charge in [-0.05, 0) is 30.9 Å². The summed E-state index contributed by atoms with van der Waals surface area (Å²) in [6.45, 7) is 3.02. The van der Waals surface area contributed by atoms with Crippen molar-refractivity contribution in [2.75, 3.05) is 0 Å². The number of nitrogens with one attached hydrogen (secondary N) is 2.